The van der Waals surface area contributed by atoms with Crippen LogP contribution in [0, 0.1) is 10.1 Å². The molecule has 2 atom stereocenters. The van der Waals surface area contributed by atoms with Crippen molar-refractivity contribution in [1.29, 1.82) is 0 Å². The molecule has 1 aliphatic rings. The molecular weight excluding hydrogens is 400 g/mol. The average Bonchev–Trinajstić information content (AvgIpc) is 2.64. The molecule has 0 saturated carbocycles. The van der Waals surface area contributed by atoms with Crippen molar-refractivity contribution < 1.29 is 24.4 Å². The van der Waals surface area contributed by atoms with Crippen LogP contribution in [0.2, 0.25) is 5.02 Å². The van der Waals surface area contributed by atoms with E-state index in [9.17, 15) is 24.8 Å². The number of ether oxygens (including phenoxy) is 1. The summed E-state index contributed by atoms with van der Waals surface area (Å²) in [5.41, 5.74) is -0.700. The number of ketones is 1. The van der Waals surface area contributed by atoms with E-state index in [4.69, 9.17) is 16.3 Å². The average molecular weight is 419 g/mol. The highest BCUT2D eigenvalue weighted by atomic mass is 35.5. The molecule has 9 heteroatoms. The lowest BCUT2D eigenvalue weighted by atomic mass is 9.85. The fourth-order valence-electron chi connectivity index (χ4n) is 3.23. The number of carbonyl (C=O) groups excluding carboxylic acids is 2. The van der Waals surface area contributed by atoms with E-state index in [1.165, 1.54) is 25.1 Å². The zero-order valence-corrected chi connectivity index (χ0v) is 16.7. The Morgan fingerprint density at radius 2 is 1.97 bits per heavy atom. The van der Waals surface area contributed by atoms with Crippen LogP contribution in [0.25, 0.3) is 0 Å². The number of benzene rings is 2. The molecule has 1 amide bonds. The van der Waals surface area contributed by atoms with Gasteiger partial charge in [0, 0.05) is 17.2 Å². The SMILES string of the molecule is CC(=O)c1ccc2c(c1)C(NC(=O)c1cccc([N+](=O)[O-])c1Cl)C(O)C(C)(C)O2. The Morgan fingerprint density at radius 1 is 1.28 bits per heavy atom. The van der Waals surface area contributed by atoms with Crippen LogP contribution in [0.15, 0.2) is 36.4 Å². The monoisotopic (exact) mass is 418 g/mol. The topological polar surface area (TPSA) is 119 Å². The summed E-state index contributed by atoms with van der Waals surface area (Å²) in [6, 6.07) is 7.75. The summed E-state index contributed by atoms with van der Waals surface area (Å²) >= 11 is 6.04. The van der Waals surface area contributed by atoms with Gasteiger partial charge in [0.2, 0.25) is 0 Å². The number of Topliss-reactive ketones (excluding diaryl/α,β-unsaturated/α-hetero) is 1. The quantitative estimate of drug-likeness (QED) is 0.446. The van der Waals surface area contributed by atoms with Crippen molar-refractivity contribution >= 4 is 29.0 Å². The lowest BCUT2D eigenvalue weighted by Gasteiger charge is -2.42. The molecule has 2 aromatic rings. The van der Waals surface area contributed by atoms with Crippen molar-refractivity contribution in [3.8, 4) is 5.75 Å². The Labute approximate surface area is 171 Å². The number of fused-ring (bicyclic) bond motifs is 1. The van der Waals surface area contributed by atoms with Gasteiger partial charge in [0.1, 0.15) is 22.5 Å². The summed E-state index contributed by atoms with van der Waals surface area (Å²) in [6.07, 6.45) is -1.15. The first-order chi connectivity index (χ1) is 13.5. The van der Waals surface area contributed by atoms with Crippen molar-refractivity contribution in [1.82, 2.24) is 5.32 Å². The van der Waals surface area contributed by atoms with Gasteiger partial charge in [0.25, 0.3) is 11.6 Å². The number of aliphatic hydroxyl groups excluding tert-OH is 1. The van der Waals surface area contributed by atoms with E-state index in [0.29, 0.717) is 16.9 Å². The summed E-state index contributed by atoms with van der Waals surface area (Å²) in [6.45, 7) is 4.74. The molecular formula is C20H19ClN2O6. The minimum Gasteiger partial charge on any atom is -0.485 e. The summed E-state index contributed by atoms with van der Waals surface area (Å²) in [5.74, 6) is -0.459. The Balaban J connectivity index is 2.03. The molecule has 8 nitrogen and oxygen atoms in total. The van der Waals surface area contributed by atoms with Gasteiger partial charge >= 0.3 is 0 Å². The summed E-state index contributed by atoms with van der Waals surface area (Å²) in [5, 5.41) is 24.3. The number of rotatable bonds is 4. The second-order valence-electron chi connectivity index (χ2n) is 7.31. The van der Waals surface area contributed by atoms with Crippen molar-refractivity contribution in [3.63, 3.8) is 0 Å². The van der Waals surface area contributed by atoms with Gasteiger partial charge in [-0.05, 0) is 45.0 Å². The number of nitrogens with zero attached hydrogens (tertiary/aromatic N) is 1. The fraction of sp³-hybridized carbons (Fsp3) is 0.300. The smallest absolute Gasteiger partial charge is 0.288 e. The lowest BCUT2D eigenvalue weighted by molar-refractivity contribution is -0.384. The molecule has 0 saturated heterocycles. The van der Waals surface area contributed by atoms with Crippen LogP contribution in [-0.4, -0.2) is 33.4 Å². The number of halogens is 1. The van der Waals surface area contributed by atoms with Gasteiger partial charge in [-0.3, -0.25) is 19.7 Å². The second-order valence-corrected chi connectivity index (χ2v) is 7.68. The Hall–Kier alpha value is -2.97. The highest BCUT2D eigenvalue weighted by Gasteiger charge is 2.44. The van der Waals surface area contributed by atoms with Crippen molar-refractivity contribution in [2.45, 2.75) is 38.5 Å². The van der Waals surface area contributed by atoms with Gasteiger partial charge in [-0.25, -0.2) is 0 Å². The van der Waals surface area contributed by atoms with Crippen molar-refractivity contribution in [2.75, 3.05) is 0 Å². The number of aliphatic hydroxyl groups is 1. The molecule has 3 rings (SSSR count). The van der Waals surface area contributed by atoms with E-state index in [-0.39, 0.29) is 16.4 Å². The number of carbonyl (C=O) groups is 2. The zero-order valence-electron chi connectivity index (χ0n) is 15.9. The van der Waals surface area contributed by atoms with Gasteiger partial charge in [-0.15, -0.1) is 0 Å². The van der Waals surface area contributed by atoms with E-state index < -0.39 is 34.3 Å². The molecule has 0 spiro atoms. The highest BCUT2D eigenvalue weighted by molar-refractivity contribution is 6.35. The third-order valence-corrected chi connectivity index (χ3v) is 5.26. The summed E-state index contributed by atoms with van der Waals surface area (Å²) in [7, 11) is 0. The minimum atomic E-state index is -1.15. The third kappa shape index (κ3) is 3.81. The van der Waals surface area contributed by atoms with E-state index in [1.807, 2.05) is 0 Å². The van der Waals surface area contributed by atoms with Gasteiger partial charge in [-0.2, -0.15) is 0 Å². The Bertz CT molecular complexity index is 1020. The van der Waals surface area contributed by atoms with Crippen molar-refractivity contribution in [2.24, 2.45) is 0 Å². The van der Waals surface area contributed by atoms with E-state index in [2.05, 4.69) is 5.32 Å². The van der Waals surface area contributed by atoms with Gasteiger partial charge in [0.05, 0.1) is 16.5 Å². The molecule has 2 N–H and O–H groups in total. The highest BCUT2D eigenvalue weighted by Crippen LogP contribution is 2.40. The van der Waals surface area contributed by atoms with Crippen LogP contribution >= 0.6 is 11.6 Å². The molecule has 0 bridgehead atoms. The van der Waals surface area contributed by atoms with Gasteiger partial charge < -0.3 is 15.2 Å². The van der Waals surface area contributed by atoms with Crippen molar-refractivity contribution in [3.05, 3.63) is 68.2 Å². The van der Waals surface area contributed by atoms with Crippen LogP contribution in [0.4, 0.5) is 5.69 Å². The first kappa shape index (κ1) is 20.8. The minimum absolute atomic E-state index is 0.0957. The molecule has 1 heterocycles. The molecule has 2 unspecified atom stereocenters. The van der Waals surface area contributed by atoms with Crippen LogP contribution in [0.1, 0.15) is 53.1 Å². The predicted molar refractivity (Wildman–Crippen MR) is 105 cm³/mol. The maximum atomic E-state index is 12.9. The largest absolute Gasteiger partial charge is 0.485 e. The van der Waals surface area contributed by atoms with E-state index >= 15 is 0 Å². The normalized spacial score (nSPS) is 19.6. The Kier molecular flexibility index (Phi) is 5.34. The summed E-state index contributed by atoms with van der Waals surface area (Å²) in [4.78, 5) is 35.0. The predicted octanol–water partition coefficient (Wildman–Crippen LogP) is 3.45. The molecule has 29 heavy (non-hydrogen) atoms. The zero-order chi connectivity index (χ0) is 21.5. The third-order valence-electron chi connectivity index (χ3n) is 4.86. The number of nitro groups is 1. The standard InChI is InChI=1S/C20H19ClN2O6/c1-10(24)11-7-8-15-13(9-11)17(18(25)20(2,3)29-15)22-19(26)12-5-4-6-14(16(12)21)23(27)28/h4-9,17-18,25H,1-3H3,(H,22,26). The number of hydrogen-bond donors (Lipinski definition) is 2. The maximum absolute atomic E-state index is 12.9. The lowest BCUT2D eigenvalue weighted by Crippen LogP contribution is -2.53. The van der Waals surface area contributed by atoms with Gasteiger partial charge in [0.15, 0.2) is 5.78 Å². The molecule has 0 aromatic heterocycles. The van der Waals surface area contributed by atoms with Crippen LogP contribution < -0.4 is 10.1 Å². The fourth-order valence-corrected chi connectivity index (χ4v) is 3.51. The van der Waals surface area contributed by atoms with Gasteiger partial charge in [-0.1, -0.05) is 17.7 Å². The maximum Gasteiger partial charge on any atom is 0.288 e. The molecule has 1 aliphatic heterocycles. The number of nitro benzene ring substituents is 1. The van der Waals surface area contributed by atoms with E-state index in [1.54, 1.807) is 32.0 Å². The van der Waals surface area contributed by atoms with Crippen LogP contribution in [-0.2, 0) is 0 Å². The number of nitrogens with one attached hydrogen (secondary N) is 1. The first-order valence-corrected chi connectivity index (χ1v) is 9.16. The number of hydrogen-bond acceptors (Lipinski definition) is 6. The molecule has 0 aliphatic carbocycles. The number of amides is 1. The Morgan fingerprint density at radius 3 is 2.59 bits per heavy atom. The molecule has 0 radical (unpaired) electrons. The molecule has 2 aromatic carbocycles. The molecule has 152 valence electrons. The second kappa shape index (κ2) is 7.46. The van der Waals surface area contributed by atoms with Crippen LogP contribution in [0.5, 0.6) is 5.75 Å². The van der Waals surface area contributed by atoms with E-state index in [0.717, 1.165) is 0 Å². The molecule has 0 fully saturated rings. The first-order valence-electron chi connectivity index (χ1n) is 8.78. The van der Waals surface area contributed by atoms with Crippen LogP contribution in [0.3, 0.4) is 0 Å². The summed E-state index contributed by atoms with van der Waals surface area (Å²) < 4.78 is 5.83.